The maximum atomic E-state index is 5.58. The molecule has 0 aliphatic rings. The van der Waals surface area contributed by atoms with Crippen LogP contribution in [0.4, 0.5) is 0 Å². The molecule has 2 aromatic heterocycles. The third-order valence-corrected chi connectivity index (χ3v) is 2.77. The Bertz CT molecular complexity index is 639. The summed E-state index contributed by atoms with van der Waals surface area (Å²) in [6, 6.07) is 11.9. The summed E-state index contributed by atoms with van der Waals surface area (Å²) in [6.07, 6.45) is 1.83. The lowest BCUT2D eigenvalue weighted by molar-refractivity contribution is 0.457. The average Bonchev–Trinajstić information content (AvgIpc) is 2.97. The van der Waals surface area contributed by atoms with Gasteiger partial charge in [0.05, 0.1) is 30.5 Å². The van der Waals surface area contributed by atoms with E-state index in [0.717, 1.165) is 22.6 Å². The smallest absolute Gasteiger partial charge is 0.124 e. The number of benzene rings is 1. The van der Waals surface area contributed by atoms with E-state index in [1.165, 1.54) is 0 Å². The van der Waals surface area contributed by atoms with Gasteiger partial charge < -0.3 is 14.7 Å². The van der Waals surface area contributed by atoms with Gasteiger partial charge in [0, 0.05) is 0 Å². The van der Waals surface area contributed by atoms with Gasteiger partial charge in [-0.2, -0.15) is 0 Å². The van der Waals surface area contributed by atoms with Gasteiger partial charge in [-0.1, -0.05) is 12.1 Å². The van der Waals surface area contributed by atoms with Crippen molar-refractivity contribution in [2.24, 2.45) is 5.73 Å². The number of hydrogen-bond donors (Lipinski definition) is 1. The fourth-order valence-electron chi connectivity index (χ4n) is 1.92. The molecule has 3 rings (SSSR count). The maximum absolute atomic E-state index is 5.58. The molecule has 0 bridgehead atoms. The first-order chi connectivity index (χ1) is 8.36. The zero-order valence-electron chi connectivity index (χ0n) is 9.34. The first-order valence-corrected chi connectivity index (χ1v) is 5.54. The highest BCUT2D eigenvalue weighted by molar-refractivity contribution is 5.74. The first kappa shape index (κ1) is 10.1. The predicted molar refractivity (Wildman–Crippen MR) is 65.4 cm³/mol. The molecule has 17 heavy (non-hydrogen) atoms. The molecule has 0 fully saturated rings. The summed E-state index contributed by atoms with van der Waals surface area (Å²) in [5.74, 6) is 1.71. The summed E-state index contributed by atoms with van der Waals surface area (Å²) in [5, 5.41) is 0. The fourth-order valence-corrected chi connectivity index (χ4v) is 1.92. The van der Waals surface area contributed by atoms with Gasteiger partial charge in [-0.05, 0) is 24.3 Å². The normalized spacial score (nSPS) is 11.1. The number of fused-ring (bicyclic) bond motifs is 1. The lowest BCUT2D eigenvalue weighted by atomic mass is 10.3. The topological polar surface area (TPSA) is 57.0 Å². The highest BCUT2D eigenvalue weighted by Crippen LogP contribution is 2.15. The molecule has 2 N–H and O–H groups in total. The molecule has 1 aromatic carbocycles. The van der Waals surface area contributed by atoms with Gasteiger partial charge in [0.15, 0.2) is 0 Å². The van der Waals surface area contributed by atoms with Crippen LogP contribution in [0.1, 0.15) is 11.5 Å². The minimum Gasteiger partial charge on any atom is -0.463 e. The molecule has 86 valence electrons. The van der Waals surface area contributed by atoms with E-state index in [1.807, 2.05) is 36.7 Å². The van der Waals surface area contributed by atoms with E-state index in [2.05, 4.69) is 15.6 Å². The minimum absolute atomic E-state index is 0.435. The second-order valence-corrected chi connectivity index (χ2v) is 3.93. The molecule has 0 aliphatic heterocycles. The molecule has 0 atom stereocenters. The molecule has 0 unspecified atom stereocenters. The summed E-state index contributed by atoms with van der Waals surface area (Å²) >= 11 is 0. The lowest BCUT2D eigenvalue weighted by Crippen LogP contribution is -1.97. The van der Waals surface area contributed by atoms with Crippen LogP contribution >= 0.6 is 0 Å². The highest BCUT2D eigenvalue weighted by atomic mass is 16.3. The number of furan rings is 1. The van der Waals surface area contributed by atoms with Crippen LogP contribution in [0, 0.1) is 0 Å². The Balaban J connectivity index is 1.94. The monoisotopic (exact) mass is 227 g/mol. The van der Waals surface area contributed by atoms with E-state index in [9.17, 15) is 0 Å². The molecular weight excluding hydrogens is 214 g/mol. The number of nitrogens with two attached hydrogens (primary N) is 1. The second-order valence-electron chi connectivity index (χ2n) is 3.93. The first-order valence-electron chi connectivity index (χ1n) is 5.54. The van der Waals surface area contributed by atoms with E-state index >= 15 is 0 Å². The van der Waals surface area contributed by atoms with Crippen LogP contribution in [0.15, 0.2) is 47.1 Å². The number of nitrogens with zero attached hydrogens (tertiary/aromatic N) is 2. The molecule has 4 heteroatoms. The molecule has 0 spiro atoms. The van der Waals surface area contributed by atoms with Gasteiger partial charge in [-0.15, -0.1) is 0 Å². The van der Waals surface area contributed by atoms with Gasteiger partial charge in [-0.3, -0.25) is 0 Å². The summed E-state index contributed by atoms with van der Waals surface area (Å²) in [5.41, 5.74) is 7.62. The van der Waals surface area contributed by atoms with Crippen molar-refractivity contribution in [1.82, 2.24) is 9.55 Å². The Kier molecular flexibility index (Phi) is 2.42. The van der Waals surface area contributed by atoms with Crippen LogP contribution in [0.5, 0.6) is 0 Å². The Morgan fingerprint density at radius 1 is 1.12 bits per heavy atom. The molecule has 4 nitrogen and oxygen atoms in total. The standard InChI is InChI=1S/C13H13N3O/c14-7-10-5-6-11(17-10)8-16-9-15-12-3-1-2-4-13(12)16/h1-6,9H,7-8,14H2. The molecule has 3 aromatic rings. The number of aromatic nitrogens is 2. The van der Waals surface area contributed by atoms with Gasteiger partial charge in [0.25, 0.3) is 0 Å². The van der Waals surface area contributed by atoms with Crippen molar-refractivity contribution in [2.75, 3.05) is 0 Å². The van der Waals surface area contributed by atoms with Crippen molar-refractivity contribution in [3.63, 3.8) is 0 Å². The molecule has 0 saturated carbocycles. The molecule has 0 aliphatic carbocycles. The Morgan fingerprint density at radius 2 is 1.94 bits per heavy atom. The van der Waals surface area contributed by atoms with Crippen molar-refractivity contribution in [2.45, 2.75) is 13.1 Å². The quantitative estimate of drug-likeness (QED) is 0.745. The summed E-state index contributed by atoms with van der Waals surface area (Å²) in [6.45, 7) is 1.12. The number of hydrogen-bond acceptors (Lipinski definition) is 3. The molecule has 0 saturated heterocycles. The van der Waals surface area contributed by atoms with Crippen molar-refractivity contribution < 1.29 is 4.42 Å². The highest BCUT2D eigenvalue weighted by Gasteiger charge is 2.05. The van der Waals surface area contributed by atoms with Crippen LogP contribution in [0.25, 0.3) is 11.0 Å². The van der Waals surface area contributed by atoms with E-state index < -0.39 is 0 Å². The van der Waals surface area contributed by atoms with Crippen LogP contribution < -0.4 is 5.73 Å². The Labute approximate surface area is 98.7 Å². The van der Waals surface area contributed by atoms with Gasteiger partial charge in [0.2, 0.25) is 0 Å². The molecular formula is C13H13N3O. The second kappa shape index (κ2) is 4.07. The van der Waals surface area contributed by atoms with Crippen molar-refractivity contribution in [3.05, 3.63) is 54.2 Å². The van der Waals surface area contributed by atoms with Crippen LogP contribution in [-0.4, -0.2) is 9.55 Å². The Morgan fingerprint density at radius 3 is 2.76 bits per heavy atom. The number of para-hydroxylation sites is 2. The van der Waals surface area contributed by atoms with E-state index in [-0.39, 0.29) is 0 Å². The molecule has 0 amide bonds. The van der Waals surface area contributed by atoms with Crippen molar-refractivity contribution in [3.8, 4) is 0 Å². The number of rotatable bonds is 3. The largest absolute Gasteiger partial charge is 0.463 e. The van der Waals surface area contributed by atoms with E-state index in [0.29, 0.717) is 13.1 Å². The Hall–Kier alpha value is -2.07. The minimum atomic E-state index is 0.435. The summed E-state index contributed by atoms with van der Waals surface area (Å²) < 4.78 is 7.65. The molecule has 2 heterocycles. The van der Waals surface area contributed by atoms with Crippen molar-refractivity contribution in [1.29, 1.82) is 0 Å². The van der Waals surface area contributed by atoms with Crippen LogP contribution in [0.2, 0.25) is 0 Å². The van der Waals surface area contributed by atoms with Gasteiger partial charge >= 0.3 is 0 Å². The lowest BCUT2D eigenvalue weighted by Gasteiger charge is -2.01. The van der Waals surface area contributed by atoms with Crippen LogP contribution in [-0.2, 0) is 13.1 Å². The summed E-state index contributed by atoms with van der Waals surface area (Å²) in [7, 11) is 0. The van der Waals surface area contributed by atoms with E-state index in [4.69, 9.17) is 10.2 Å². The van der Waals surface area contributed by atoms with Gasteiger partial charge in [0.1, 0.15) is 11.5 Å². The maximum Gasteiger partial charge on any atom is 0.124 e. The molecule has 0 radical (unpaired) electrons. The average molecular weight is 227 g/mol. The number of imidazole rings is 1. The van der Waals surface area contributed by atoms with E-state index in [1.54, 1.807) is 0 Å². The van der Waals surface area contributed by atoms with Crippen molar-refractivity contribution >= 4 is 11.0 Å². The summed E-state index contributed by atoms with van der Waals surface area (Å²) in [4.78, 5) is 4.34. The third-order valence-electron chi connectivity index (χ3n) is 2.77. The zero-order chi connectivity index (χ0) is 11.7. The zero-order valence-corrected chi connectivity index (χ0v) is 9.34. The predicted octanol–water partition coefficient (Wildman–Crippen LogP) is 2.14. The SMILES string of the molecule is NCc1ccc(Cn2cnc3ccccc32)o1. The fraction of sp³-hybridized carbons (Fsp3) is 0.154. The van der Waals surface area contributed by atoms with Crippen LogP contribution in [0.3, 0.4) is 0 Å². The van der Waals surface area contributed by atoms with Gasteiger partial charge in [-0.25, -0.2) is 4.98 Å². The third kappa shape index (κ3) is 1.83.